The Kier molecular flexibility index (Phi) is 4.04. The minimum Gasteiger partial charge on any atom is -0.481 e. The third-order valence-electron chi connectivity index (χ3n) is 4.26. The largest absolute Gasteiger partial charge is 0.481 e. The molecule has 1 aliphatic carbocycles. The Labute approximate surface area is 129 Å². The highest BCUT2D eigenvalue weighted by atomic mass is 35.5. The molecule has 2 aliphatic rings. The Morgan fingerprint density at radius 1 is 1.52 bits per heavy atom. The van der Waals surface area contributed by atoms with Crippen molar-refractivity contribution in [3.8, 4) is 5.88 Å². The molecular weight excluding hydrogens is 292 g/mol. The molecule has 0 amide bonds. The van der Waals surface area contributed by atoms with Gasteiger partial charge in [-0.05, 0) is 31.4 Å². The van der Waals surface area contributed by atoms with Crippen LogP contribution in [0, 0.1) is 5.92 Å². The molecule has 1 aliphatic heterocycles. The maximum Gasteiger partial charge on any atom is 0.311 e. The molecule has 3 rings (SSSR count). The van der Waals surface area contributed by atoms with Crippen molar-refractivity contribution in [2.45, 2.75) is 25.8 Å². The molecule has 2 heterocycles. The van der Waals surface area contributed by atoms with E-state index in [9.17, 15) is 4.79 Å². The van der Waals surface area contributed by atoms with Crippen molar-refractivity contribution in [3.05, 3.63) is 22.3 Å². The Hall–Kier alpha value is -1.33. The van der Waals surface area contributed by atoms with Crippen molar-refractivity contribution in [1.29, 1.82) is 0 Å². The molecule has 6 heteroatoms. The van der Waals surface area contributed by atoms with Crippen molar-refractivity contribution < 1.29 is 14.3 Å². The fourth-order valence-corrected chi connectivity index (χ4v) is 3.45. The zero-order valence-corrected chi connectivity index (χ0v) is 13.0. The maximum absolute atomic E-state index is 11.7. The van der Waals surface area contributed by atoms with Crippen LogP contribution in [0.15, 0.2) is 6.07 Å². The third kappa shape index (κ3) is 2.60. The highest BCUT2D eigenvalue weighted by Gasteiger charge is 2.41. The van der Waals surface area contributed by atoms with Crippen LogP contribution in [0.3, 0.4) is 0 Å². The fourth-order valence-electron chi connectivity index (χ4n) is 3.25. The smallest absolute Gasteiger partial charge is 0.311 e. The lowest BCUT2D eigenvalue weighted by Gasteiger charge is -2.42. The summed E-state index contributed by atoms with van der Waals surface area (Å²) in [5, 5.41) is 0.472. The lowest BCUT2D eigenvalue weighted by Crippen LogP contribution is -2.51. The Bertz CT molecular complexity index is 558. The molecule has 1 fully saturated rings. The number of esters is 1. The van der Waals surface area contributed by atoms with E-state index in [4.69, 9.17) is 21.1 Å². The predicted molar refractivity (Wildman–Crippen MR) is 78.6 cm³/mol. The maximum atomic E-state index is 11.7. The van der Waals surface area contributed by atoms with Gasteiger partial charge in [-0.1, -0.05) is 11.6 Å². The molecule has 5 nitrogen and oxygen atoms in total. The van der Waals surface area contributed by atoms with Gasteiger partial charge in [-0.3, -0.25) is 9.69 Å². The Morgan fingerprint density at radius 2 is 2.29 bits per heavy atom. The summed E-state index contributed by atoms with van der Waals surface area (Å²) < 4.78 is 10.5. The van der Waals surface area contributed by atoms with Gasteiger partial charge in [-0.25, -0.2) is 4.98 Å². The van der Waals surface area contributed by atoms with Crippen LogP contribution in [0.2, 0.25) is 5.15 Å². The number of carbonyl (C=O) groups is 1. The quantitative estimate of drug-likeness (QED) is 0.630. The second-order valence-electron chi connectivity index (χ2n) is 5.48. The zero-order chi connectivity index (χ0) is 15.0. The first-order valence-corrected chi connectivity index (χ1v) is 7.65. The normalized spacial score (nSPS) is 21.8. The van der Waals surface area contributed by atoms with E-state index in [1.165, 1.54) is 5.56 Å². The summed E-state index contributed by atoms with van der Waals surface area (Å²) in [4.78, 5) is 18.3. The van der Waals surface area contributed by atoms with E-state index < -0.39 is 0 Å². The molecule has 0 saturated carbocycles. The van der Waals surface area contributed by atoms with Gasteiger partial charge in [0, 0.05) is 24.7 Å². The molecule has 21 heavy (non-hydrogen) atoms. The van der Waals surface area contributed by atoms with Gasteiger partial charge in [0.2, 0.25) is 5.88 Å². The van der Waals surface area contributed by atoms with Crippen molar-refractivity contribution in [2.75, 3.05) is 26.8 Å². The second kappa shape index (κ2) is 5.81. The van der Waals surface area contributed by atoms with Crippen molar-refractivity contribution in [2.24, 2.45) is 5.92 Å². The lowest BCUT2D eigenvalue weighted by molar-refractivity contribution is -0.155. The summed E-state index contributed by atoms with van der Waals surface area (Å²) in [5.74, 6) is 0.521. The first kappa shape index (κ1) is 14.6. The molecule has 0 unspecified atom stereocenters. The Morgan fingerprint density at radius 3 is 2.95 bits per heavy atom. The number of nitrogens with zero attached hydrogens (tertiary/aromatic N) is 2. The number of hydrogen-bond acceptors (Lipinski definition) is 5. The van der Waals surface area contributed by atoms with Gasteiger partial charge in [-0.15, -0.1) is 0 Å². The van der Waals surface area contributed by atoms with Crippen LogP contribution in [0.4, 0.5) is 0 Å². The van der Waals surface area contributed by atoms with Gasteiger partial charge in [0.05, 0.1) is 19.6 Å². The van der Waals surface area contributed by atoms with Crippen LogP contribution in [-0.2, 0) is 16.0 Å². The number of pyridine rings is 1. The average molecular weight is 311 g/mol. The van der Waals surface area contributed by atoms with Crippen LogP contribution < -0.4 is 4.74 Å². The van der Waals surface area contributed by atoms with E-state index in [-0.39, 0.29) is 17.9 Å². The standard InChI is InChI=1S/C15H19ClN2O3/c1-3-21-15(19)10-7-18(8-10)11-5-4-9-6-12(16)17-14(20-2)13(9)11/h6,10-11H,3-5,7-8H2,1-2H3/t11-/m1/s1. The van der Waals surface area contributed by atoms with Crippen molar-refractivity contribution >= 4 is 17.6 Å². The molecule has 1 saturated heterocycles. The number of hydrogen-bond donors (Lipinski definition) is 0. The zero-order valence-electron chi connectivity index (χ0n) is 12.3. The van der Waals surface area contributed by atoms with Gasteiger partial charge >= 0.3 is 5.97 Å². The minimum absolute atomic E-state index is 0.000235. The summed E-state index contributed by atoms with van der Waals surface area (Å²) in [7, 11) is 1.62. The number of likely N-dealkylation sites (tertiary alicyclic amines) is 1. The van der Waals surface area contributed by atoms with Crippen LogP contribution in [0.5, 0.6) is 5.88 Å². The summed E-state index contributed by atoms with van der Waals surface area (Å²) in [6.07, 6.45) is 1.99. The van der Waals surface area contributed by atoms with Crippen molar-refractivity contribution in [3.63, 3.8) is 0 Å². The van der Waals surface area contributed by atoms with Gasteiger partial charge in [0.1, 0.15) is 5.15 Å². The molecule has 1 atom stereocenters. The van der Waals surface area contributed by atoms with Gasteiger partial charge in [0.15, 0.2) is 0 Å². The van der Waals surface area contributed by atoms with E-state index in [1.54, 1.807) is 7.11 Å². The Balaban J connectivity index is 1.73. The molecule has 0 radical (unpaired) electrons. The number of halogens is 1. The summed E-state index contributed by atoms with van der Waals surface area (Å²) in [6.45, 7) is 3.77. The van der Waals surface area contributed by atoms with Crippen LogP contribution in [-0.4, -0.2) is 42.7 Å². The van der Waals surface area contributed by atoms with E-state index in [1.807, 2.05) is 13.0 Å². The topological polar surface area (TPSA) is 51.7 Å². The highest BCUT2D eigenvalue weighted by molar-refractivity contribution is 6.29. The van der Waals surface area contributed by atoms with Gasteiger partial charge in [-0.2, -0.15) is 0 Å². The molecule has 1 aromatic heterocycles. The number of carbonyl (C=O) groups excluding carboxylic acids is 1. The van der Waals surface area contributed by atoms with Crippen LogP contribution in [0.1, 0.15) is 30.5 Å². The molecule has 0 N–H and O–H groups in total. The molecule has 0 spiro atoms. The first-order valence-electron chi connectivity index (χ1n) is 7.28. The van der Waals surface area contributed by atoms with Crippen LogP contribution in [0.25, 0.3) is 0 Å². The number of rotatable bonds is 4. The number of ether oxygens (including phenoxy) is 2. The number of methoxy groups -OCH3 is 1. The molecule has 0 aromatic carbocycles. The van der Waals surface area contributed by atoms with Gasteiger partial charge in [0.25, 0.3) is 0 Å². The highest BCUT2D eigenvalue weighted by Crippen LogP contribution is 2.44. The lowest BCUT2D eigenvalue weighted by atomic mass is 9.95. The second-order valence-corrected chi connectivity index (χ2v) is 5.87. The predicted octanol–water partition coefficient (Wildman–Crippen LogP) is 2.23. The van der Waals surface area contributed by atoms with E-state index in [0.29, 0.717) is 17.6 Å². The third-order valence-corrected chi connectivity index (χ3v) is 4.46. The summed E-state index contributed by atoms with van der Waals surface area (Å²) in [5.41, 5.74) is 2.33. The van der Waals surface area contributed by atoms with Crippen molar-refractivity contribution in [1.82, 2.24) is 9.88 Å². The van der Waals surface area contributed by atoms with E-state index in [2.05, 4.69) is 9.88 Å². The summed E-state index contributed by atoms with van der Waals surface area (Å²) in [6, 6.07) is 2.19. The van der Waals surface area contributed by atoms with E-state index >= 15 is 0 Å². The number of aryl methyl sites for hydroxylation is 1. The average Bonchev–Trinajstić information content (AvgIpc) is 2.80. The number of aromatic nitrogens is 1. The molecule has 114 valence electrons. The monoisotopic (exact) mass is 310 g/mol. The van der Waals surface area contributed by atoms with Gasteiger partial charge < -0.3 is 9.47 Å². The first-order chi connectivity index (χ1) is 10.1. The molecular formula is C15H19ClN2O3. The number of fused-ring (bicyclic) bond motifs is 1. The minimum atomic E-state index is -0.0897. The molecule has 1 aromatic rings. The van der Waals surface area contributed by atoms with Crippen LogP contribution >= 0.6 is 11.6 Å². The SMILES string of the molecule is CCOC(=O)C1CN([C@@H]2CCc3cc(Cl)nc(OC)c32)C1. The van der Waals surface area contributed by atoms with E-state index in [0.717, 1.165) is 31.5 Å². The summed E-state index contributed by atoms with van der Waals surface area (Å²) >= 11 is 6.02. The fraction of sp³-hybridized carbons (Fsp3) is 0.600. The molecule has 0 bridgehead atoms.